The van der Waals surface area contributed by atoms with Crippen LogP contribution in [-0.4, -0.2) is 38.1 Å². The van der Waals surface area contributed by atoms with Crippen molar-refractivity contribution in [2.24, 2.45) is 0 Å². The van der Waals surface area contributed by atoms with Crippen LogP contribution in [0.25, 0.3) is 11.2 Å². The fourth-order valence-corrected chi connectivity index (χ4v) is 3.03. The van der Waals surface area contributed by atoms with E-state index < -0.39 is 0 Å². The molecule has 0 aliphatic carbocycles. The molecule has 9 heteroatoms. The second-order valence-corrected chi connectivity index (χ2v) is 6.04. The van der Waals surface area contributed by atoms with Crippen LogP contribution in [0.5, 0.6) is 0 Å². The van der Waals surface area contributed by atoms with Crippen molar-refractivity contribution in [3.8, 4) is 0 Å². The molecular weight excluding hydrogens is 347 g/mol. The fourth-order valence-electron chi connectivity index (χ4n) is 3.03. The summed E-state index contributed by atoms with van der Waals surface area (Å²) >= 11 is 0. The molecule has 132 valence electrons. The molecule has 7 nitrogen and oxygen atoms in total. The van der Waals surface area contributed by atoms with E-state index in [1.807, 2.05) is 0 Å². The van der Waals surface area contributed by atoms with Gasteiger partial charge in [0.25, 0.3) is 5.56 Å². The zero-order valence-electron chi connectivity index (χ0n) is 13.4. The Morgan fingerprint density at radius 3 is 2.80 bits per heavy atom. The topological polar surface area (TPSA) is 88.5 Å². The number of halogens is 2. The van der Waals surface area contributed by atoms with E-state index in [1.54, 1.807) is 16.8 Å². The number of piperidine rings is 1. The second-order valence-electron chi connectivity index (χ2n) is 6.04. The fraction of sp³-hybridized carbons (Fsp3) is 0.375. The minimum atomic E-state index is -0.288. The third-order valence-corrected chi connectivity index (χ3v) is 4.32. The summed E-state index contributed by atoms with van der Waals surface area (Å²) in [5, 5.41) is 11.3. The molecule has 1 aromatic carbocycles. The molecule has 0 bridgehead atoms. The quantitative estimate of drug-likeness (QED) is 0.736. The highest BCUT2D eigenvalue weighted by atomic mass is 35.5. The van der Waals surface area contributed by atoms with Gasteiger partial charge in [-0.2, -0.15) is 0 Å². The predicted octanol–water partition coefficient (Wildman–Crippen LogP) is 1.59. The molecule has 1 saturated heterocycles. The van der Waals surface area contributed by atoms with Crippen LogP contribution in [0.3, 0.4) is 0 Å². The van der Waals surface area contributed by atoms with Gasteiger partial charge in [0.1, 0.15) is 11.6 Å². The second kappa shape index (κ2) is 7.28. The van der Waals surface area contributed by atoms with Gasteiger partial charge in [-0.3, -0.25) is 4.79 Å². The Labute approximate surface area is 149 Å². The van der Waals surface area contributed by atoms with E-state index in [0.717, 1.165) is 31.5 Å². The highest BCUT2D eigenvalue weighted by Crippen LogP contribution is 2.20. The van der Waals surface area contributed by atoms with E-state index in [2.05, 4.69) is 25.6 Å². The van der Waals surface area contributed by atoms with Crippen LogP contribution < -0.4 is 10.9 Å². The summed E-state index contributed by atoms with van der Waals surface area (Å²) in [6, 6.07) is 6.16. The molecule has 1 atom stereocenters. The molecule has 3 heterocycles. The van der Waals surface area contributed by atoms with Gasteiger partial charge < -0.3 is 10.3 Å². The highest BCUT2D eigenvalue weighted by molar-refractivity contribution is 5.85. The van der Waals surface area contributed by atoms with E-state index in [-0.39, 0.29) is 35.2 Å². The number of nitrogens with zero attached hydrogens (tertiary/aromatic N) is 4. The van der Waals surface area contributed by atoms with Gasteiger partial charge in [-0.25, -0.2) is 14.1 Å². The minimum absolute atomic E-state index is 0. The Kier molecular flexibility index (Phi) is 5.10. The van der Waals surface area contributed by atoms with E-state index in [0.29, 0.717) is 18.0 Å². The summed E-state index contributed by atoms with van der Waals surface area (Å²) < 4.78 is 14.6. The molecular formula is C16H18ClFN6O. The number of aromatic nitrogens is 5. The lowest BCUT2D eigenvalue weighted by Gasteiger charge is -2.21. The molecule has 1 unspecified atom stereocenters. The van der Waals surface area contributed by atoms with Crippen LogP contribution in [0.15, 0.2) is 29.1 Å². The summed E-state index contributed by atoms with van der Waals surface area (Å²) in [6.07, 6.45) is 2.04. The van der Waals surface area contributed by atoms with Crippen LogP contribution in [0.1, 0.15) is 30.1 Å². The monoisotopic (exact) mass is 364 g/mol. The third kappa shape index (κ3) is 3.54. The molecule has 1 aliphatic heterocycles. The van der Waals surface area contributed by atoms with Crippen LogP contribution >= 0.6 is 12.4 Å². The first-order chi connectivity index (χ1) is 11.7. The lowest BCUT2D eigenvalue weighted by Crippen LogP contribution is -2.30. The van der Waals surface area contributed by atoms with Gasteiger partial charge >= 0.3 is 0 Å². The lowest BCUT2D eigenvalue weighted by molar-refractivity contribution is 0.446. The molecule has 25 heavy (non-hydrogen) atoms. The van der Waals surface area contributed by atoms with Crippen molar-refractivity contribution in [2.45, 2.75) is 25.3 Å². The van der Waals surface area contributed by atoms with Gasteiger partial charge in [0, 0.05) is 12.5 Å². The van der Waals surface area contributed by atoms with Gasteiger partial charge in [-0.15, -0.1) is 17.5 Å². The molecule has 0 saturated carbocycles. The number of hydrogen-bond donors (Lipinski definition) is 2. The Bertz CT molecular complexity index is 917. The standard InChI is InChI=1S/C16H17FN6O.ClH/c17-12-5-3-10(4-6-12)9-23-15-13(21-22-23)16(24)20-14(19-15)11-2-1-7-18-8-11;/h3-6,11,18H,1-2,7-9H2,(H,19,20,24);1H. The first kappa shape index (κ1) is 17.5. The summed E-state index contributed by atoms with van der Waals surface area (Å²) in [5.74, 6) is 0.566. The third-order valence-electron chi connectivity index (χ3n) is 4.32. The van der Waals surface area contributed by atoms with Gasteiger partial charge in [0.15, 0.2) is 11.2 Å². The SMILES string of the molecule is Cl.O=c1[nH]c(C2CCCNC2)nc2c1nnn2Cc1ccc(F)cc1. The zero-order valence-corrected chi connectivity index (χ0v) is 14.2. The molecule has 2 aromatic heterocycles. The first-order valence-corrected chi connectivity index (χ1v) is 7.99. The molecule has 0 amide bonds. The summed E-state index contributed by atoms with van der Waals surface area (Å²) in [5.41, 5.74) is 1.28. The normalized spacial score (nSPS) is 17.4. The average Bonchev–Trinajstić information content (AvgIpc) is 3.01. The van der Waals surface area contributed by atoms with E-state index in [4.69, 9.17) is 0 Å². The van der Waals surface area contributed by atoms with Gasteiger partial charge in [-0.1, -0.05) is 17.3 Å². The maximum absolute atomic E-state index is 13.0. The summed E-state index contributed by atoms with van der Waals surface area (Å²) in [4.78, 5) is 19.7. The Morgan fingerprint density at radius 2 is 2.08 bits per heavy atom. The Morgan fingerprint density at radius 1 is 1.28 bits per heavy atom. The van der Waals surface area contributed by atoms with Crippen LogP contribution in [-0.2, 0) is 6.54 Å². The predicted molar refractivity (Wildman–Crippen MR) is 93.5 cm³/mol. The van der Waals surface area contributed by atoms with Gasteiger partial charge in [0.2, 0.25) is 0 Å². The molecule has 0 spiro atoms. The first-order valence-electron chi connectivity index (χ1n) is 7.99. The average molecular weight is 365 g/mol. The van der Waals surface area contributed by atoms with Crippen LogP contribution in [0.4, 0.5) is 4.39 Å². The van der Waals surface area contributed by atoms with Crippen molar-refractivity contribution in [1.82, 2.24) is 30.3 Å². The maximum atomic E-state index is 13.0. The molecule has 0 radical (unpaired) electrons. The number of fused-ring (bicyclic) bond motifs is 1. The van der Waals surface area contributed by atoms with Crippen molar-refractivity contribution in [2.75, 3.05) is 13.1 Å². The van der Waals surface area contributed by atoms with Crippen molar-refractivity contribution in [3.05, 3.63) is 51.8 Å². The van der Waals surface area contributed by atoms with Crippen LogP contribution in [0, 0.1) is 5.82 Å². The number of hydrogen-bond acceptors (Lipinski definition) is 5. The number of aromatic amines is 1. The van der Waals surface area contributed by atoms with Crippen molar-refractivity contribution in [1.29, 1.82) is 0 Å². The minimum Gasteiger partial charge on any atom is -0.316 e. The number of benzene rings is 1. The lowest BCUT2D eigenvalue weighted by atomic mass is 9.99. The largest absolute Gasteiger partial charge is 0.316 e. The molecule has 1 aliphatic rings. The Hall–Kier alpha value is -2.32. The van der Waals surface area contributed by atoms with Crippen LogP contribution in [0.2, 0.25) is 0 Å². The van der Waals surface area contributed by atoms with E-state index >= 15 is 0 Å². The Balaban J connectivity index is 0.00000182. The highest BCUT2D eigenvalue weighted by Gasteiger charge is 2.20. The van der Waals surface area contributed by atoms with Crippen molar-refractivity contribution >= 4 is 23.6 Å². The molecule has 3 aromatic rings. The van der Waals surface area contributed by atoms with Crippen molar-refractivity contribution < 1.29 is 4.39 Å². The summed E-state index contributed by atoms with van der Waals surface area (Å²) in [7, 11) is 0. The smallest absolute Gasteiger partial charge is 0.281 e. The van der Waals surface area contributed by atoms with E-state index in [9.17, 15) is 9.18 Å². The van der Waals surface area contributed by atoms with E-state index in [1.165, 1.54) is 12.1 Å². The maximum Gasteiger partial charge on any atom is 0.281 e. The molecule has 2 N–H and O–H groups in total. The summed E-state index contributed by atoms with van der Waals surface area (Å²) in [6.45, 7) is 2.18. The molecule has 1 fully saturated rings. The number of nitrogens with one attached hydrogen (secondary N) is 2. The number of rotatable bonds is 3. The molecule has 4 rings (SSSR count). The van der Waals surface area contributed by atoms with Gasteiger partial charge in [0.05, 0.1) is 6.54 Å². The number of H-pyrrole nitrogens is 1. The van der Waals surface area contributed by atoms with Gasteiger partial charge in [-0.05, 0) is 37.1 Å². The zero-order chi connectivity index (χ0) is 16.5. The van der Waals surface area contributed by atoms with Crippen molar-refractivity contribution in [3.63, 3.8) is 0 Å².